The SMILES string of the molecule is CCOc1ccc(OCC(C(=O)O)C(F)(F)F)cc1. The minimum atomic E-state index is -4.84. The molecule has 0 amide bonds. The Morgan fingerprint density at radius 1 is 1.21 bits per heavy atom. The summed E-state index contributed by atoms with van der Waals surface area (Å²) in [6.45, 7) is 1.30. The third-order valence-electron chi connectivity index (χ3n) is 2.24. The van der Waals surface area contributed by atoms with Crippen LogP contribution in [-0.4, -0.2) is 30.5 Å². The van der Waals surface area contributed by atoms with E-state index >= 15 is 0 Å². The lowest BCUT2D eigenvalue weighted by molar-refractivity contribution is -0.198. The molecule has 0 aliphatic rings. The predicted molar refractivity (Wildman–Crippen MR) is 60.3 cm³/mol. The first-order chi connectivity index (χ1) is 8.84. The van der Waals surface area contributed by atoms with Crippen molar-refractivity contribution >= 4 is 5.97 Å². The second kappa shape index (κ2) is 6.31. The minimum Gasteiger partial charge on any atom is -0.494 e. The molecular formula is C12H13F3O4. The van der Waals surface area contributed by atoms with Crippen molar-refractivity contribution in [3.8, 4) is 11.5 Å². The van der Waals surface area contributed by atoms with Crippen molar-refractivity contribution in [2.75, 3.05) is 13.2 Å². The van der Waals surface area contributed by atoms with E-state index < -0.39 is 24.7 Å². The van der Waals surface area contributed by atoms with Crippen LogP contribution in [0.15, 0.2) is 24.3 Å². The fraction of sp³-hybridized carbons (Fsp3) is 0.417. The highest BCUT2D eigenvalue weighted by Gasteiger charge is 2.45. The molecule has 0 radical (unpaired) electrons. The molecule has 4 nitrogen and oxygen atoms in total. The Morgan fingerprint density at radius 2 is 1.68 bits per heavy atom. The number of carboxylic acids is 1. The van der Waals surface area contributed by atoms with E-state index in [2.05, 4.69) is 0 Å². The Kier molecular flexibility index (Phi) is 5.02. The van der Waals surface area contributed by atoms with Crippen LogP contribution < -0.4 is 9.47 Å². The lowest BCUT2D eigenvalue weighted by atomic mass is 10.1. The highest BCUT2D eigenvalue weighted by atomic mass is 19.4. The van der Waals surface area contributed by atoms with Gasteiger partial charge in [0, 0.05) is 0 Å². The molecule has 1 rings (SSSR count). The molecule has 1 N–H and O–H groups in total. The molecule has 0 spiro atoms. The summed E-state index contributed by atoms with van der Waals surface area (Å²) in [6.07, 6.45) is -4.84. The molecule has 106 valence electrons. The maximum absolute atomic E-state index is 12.4. The van der Waals surface area contributed by atoms with Crippen LogP contribution in [0.5, 0.6) is 11.5 Å². The van der Waals surface area contributed by atoms with E-state index in [9.17, 15) is 18.0 Å². The molecule has 0 saturated heterocycles. The largest absolute Gasteiger partial charge is 0.494 e. The summed E-state index contributed by atoms with van der Waals surface area (Å²) in [6, 6.07) is 5.89. The standard InChI is InChI=1S/C12H13F3O4/c1-2-18-8-3-5-9(6-4-8)19-7-10(11(16)17)12(13,14)15/h3-6,10H,2,7H2,1H3,(H,16,17). The Labute approximate surface area is 107 Å². The first-order valence-corrected chi connectivity index (χ1v) is 5.49. The monoisotopic (exact) mass is 278 g/mol. The third kappa shape index (κ3) is 4.69. The molecule has 0 heterocycles. The quantitative estimate of drug-likeness (QED) is 0.869. The third-order valence-corrected chi connectivity index (χ3v) is 2.24. The highest BCUT2D eigenvalue weighted by Crippen LogP contribution is 2.27. The maximum atomic E-state index is 12.4. The number of rotatable bonds is 6. The van der Waals surface area contributed by atoms with Gasteiger partial charge in [0.15, 0.2) is 5.92 Å². The number of aliphatic carboxylic acids is 1. The van der Waals surface area contributed by atoms with Gasteiger partial charge in [-0.2, -0.15) is 13.2 Å². The average molecular weight is 278 g/mol. The van der Waals surface area contributed by atoms with Gasteiger partial charge in [-0.3, -0.25) is 4.79 Å². The molecule has 0 aliphatic heterocycles. The minimum absolute atomic E-state index is 0.152. The predicted octanol–water partition coefficient (Wildman–Crippen LogP) is 2.73. The van der Waals surface area contributed by atoms with Crippen molar-refractivity contribution in [3.05, 3.63) is 24.3 Å². The van der Waals surface area contributed by atoms with Gasteiger partial charge in [-0.25, -0.2) is 0 Å². The van der Waals surface area contributed by atoms with Crippen LogP contribution in [0.2, 0.25) is 0 Å². The first-order valence-electron chi connectivity index (χ1n) is 5.49. The van der Waals surface area contributed by atoms with Gasteiger partial charge in [0.05, 0.1) is 6.61 Å². The van der Waals surface area contributed by atoms with Crippen LogP contribution in [0, 0.1) is 5.92 Å². The van der Waals surface area contributed by atoms with Crippen molar-refractivity contribution < 1.29 is 32.5 Å². The fourth-order valence-corrected chi connectivity index (χ4v) is 1.28. The van der Waals surface area contributed by atoms with E-state index in [1.807, 2.05) is 0 Å². The molecule has 0 fully saturated rings. The number of hydrogen-bond donors (Lipinski definition) is 1. The molecule has 1 aromatic carbocycles. The molecule has 1 unspecified atom stereocenters. The van der Waals surface area contributed by atoms with Crippen LogP contribution in [0.1, 0.15) is 6.92 Å². The van der Waals surface area contributed by atoms with Crippen molar-refractivity contribution in [3.63, 3.8) is 0 Å². The molecular weight excluding hydrogens is 265 g/mol. The molecule has 7 heteroatoms. The maximum Gasteiger partial charge on any atom is 0.405 e. The average Bonchev–Trinajstić information content (AvgIpc) is 2.29. The van der Waals surface area contributed by atoms with E-state index in [0.717, 1.165) is 0 Å². The molecule has 1 aromatic rings. The summed E-state index contributed by atoms with van der Waals surface area (Å²) in [5.74, 6) is -3.79. The summed E-state index contributed by atoms with van der Waals surface area (Å²) in [7, 11) is 0. The summed E-state index contributed by atoms with van der Waals surface area (Å²) < 4.78 is 47.1. The van der Waals surface area contributed by atoms with Crippen molar-refractivity contribution in [2.45, 2.75) is 13.1 Å². The van der Waals surface area contributed by atoms with Crippen LogP contribution in [0.3, 0.4) is 0 Å². The van der Waals surface area contributed by atoms with Crippen molar-refractivity contribution in [2.24, 2.45) is 5.92 Å². The Morgan fingerprint density at radius 3 is 2.05 bits per heavy atom. The number of ether oxygens (including phenoxy) is 2. The van der Waals surface area contributed by atoms with E-state index in [1.54, 1.807) is 6.92 Å². The van der Waals surface area contributed by atoms with E-state index in [1.165, 1.54) is 24.3 Å². The summed E-state index contributed by atoms with van der Waals surface area (Å²) in [4.78, 5) is 10.5. The van der Waals surface area contributed by atoms with E-state index in [0.29, 0.717) is 12.4 Å². The van der Waals surface area contributed by atoms with E-state index in [4.69, 9.17) is 14.6 Å². The van der Waals surface area contributed by atoms with Gasteiger partial charge in [0.1, 0.15) is 18.1 Å². The second-order valence-corrected chi connectivity index (χ2v) is 3.65. The zero-order chi connectivity index (χ0) is 14.5. The fourth-order valence-electron chi connectivity index (χ4n) is 1.28. The number of halogens is 3. The Balaban J connectivity index is 2.62. The van der Waals surface area contributed by atoms with Gasteiger partial charge < -0.3 is 14.6 Å². The normalized spacial score (nSPS) is 12.8. The van der Waals surface area contributed by atoms with Crippen LogP contribution in [0.4, 0.5) is 13.2 Å². The highest BCUT2D eigenvalue weighted by molar-refractivity contribution is 5.71. The van der Waals surface area contributed by atoms with Crippen LogP contribution in [0.25, 0.3) is 0 Å². The molecule has 0 aromatic heterocycles. The lowest BCUT2D eigenvalue weighted by Crippen LogP contribution is -2.35. The summed E-state index contributed by atoms with van der Waals surface area (Å²) in [5.41, 5.74) is 0. The number of hydrogen-bond acceptors (Lipinski definition) is 3. The second-order valence-electron chi connectivity index (χ2n) is 3.65. The molecule has 0 aliphatic carbocycles. The van der Waals surface area contributed by atoms with Gasteiger partial charge in [0.2, 0.25) is 0 Å². The summed E-state index contributed by atoms with van der Waals surface area (Å²) >= 11 is 0. The van der Waals surface area contributed by atoms with Gasteiger partial charge in [-0.15, -0.1) is 0 Å². The van der Waals surface area contributed by atoms with Gasteiger partial charge in [-0.1, -0.05) is 0 Å². The Hall–Kier alpha value is -1.92. The van der Waals surface area contributed by atoms with Gasteiger partial charge in [0.25, 0.3) is 0 Å². The smallest absolute Gasteiger partial charge is 0.405 e. The van der Waals surface area contributed by atoms with Crippen molar-refractivity contribution in [1.29, 1.82) is 0 Å². The zero-order valence-corrected chi connectivity index (χ0v) is 10.1. The topological polar surface area (TPSA) is 55.8 Å². The lowest BCUT2D eigenvalue weighted by Gasteiger charge is -2.16. The molecule has 0 bridgehead atoms. The molecule has 19 heavy (non-hydrogen) atoms. The van der Waals surface area contributed by atoms with Gasteiger partial charge in [-0.05, 0) is 31.2 Å². The van der Waals surface area contributed by atoms with Gasteiger partial charge >= 0.3 is 12.1 Å². The number of carboxylic acid groups (broad SMARTS) is 1. The molecule has 1 atom stereocenters. The number of carbonyl (C=O) groups is 1. The number of benzene rings is 1. The van der Waals surface area contributed by atoms with Crippen LogP contribution in [-0.2, 0) is 4.79 Å². The number of alkyl halides is 3. The van der Waals surface area contributed by atoms with Crippen LogP contribution >= 0.6 is 0 Å². The Bertz CT molecular complexity index is 414. The first kappa shape index (κ1) is 15.1. The van der Waals surface area contributed by atoms with Crippen molar-refractivity contribution in [1.82, 2.24) is 0 Å². The summed E-state index contributed by atoms with van der Waals surface area (Å²) in [5, 5.41) is 8.48. The molecule has 0 saturated carbocycles. The van der Waals surface area contributed by atoms with E-state index in [-0.39, 0.29) is 5.75 Å². The zero-order valence-electron chi connectivity index (χ0n) is 10.1.